The van der Waals surface area contributed by atoms with Crippen LogP contribution in [-0.4, -0.2) is 23.4 Å². The van der Waals surface area contributed by atoms with Crippen molar-refractivity contribution in [2.45, 2.75) is 31.7 Å². The number of aliphatic hydroxyl groups is 1. The summed E-state index contributed by atoms with van der Waals surface area (Å²) in [7, 11) is 0. The molecule has 2 atom stereocenters. The first-order valence-corrected chi connectivity index (χ1v) is 4.99. The molecule has 1 aliphatic heterocycles. The van der Waals surface area contributed by atoms with Gasteiger partial charge in [0.2, 0.25) is 0 Å². The number of nitrogens with one attached hydrogen (secondary N) is 1. The van der Waals surface area contributed by atoms with Gasteiger partial charge in [-0.2, -0.15) is 13.2 Å². The van der Waals surface area contributed by atoms with Crippen LogP contribution in [0.3, 0.4) is 0 Å². The van der Waals surface area contributed by atoms with E-state index < -0.39 is 18.3 Å². The molecule has 0 saturated carbocycles. The van der Waals surface area contributed by atoms with E-state index in [9.17, 15) is 18.3 Å². The number of aryl methyl sites for hydroxylation is 1. The summed E-state index contributed by atoms with van der Waals surface area (Å²) in [5.41, 5.74) is 2.16. The summed E-state index contributed by atoms with van der Waals surface area (Å²) >= 11 is 0. The minimum absolute atomic E-state index is 0.0359. The predicted molar refractivity (Wildman–Crippen MR) is 54.4 cm³/mol. The maximum absolute atomic E-state index is 12.5. The van der Waals surface area contributed by atoms with Gasteiger partial charge in [-0.3, -0.25) is 0 Å². The van der Waals surface area contributed by atoms with E-state index in [1.165, 1.54) is 0 Å². The molecule has 2 N–H and O–H groups in total. The van der Waals surface area contributed by atoms with Crippen molar-refractivity contribution in [1.82, 2.24) is 0 Å². The highest BCUT2D eigenvalue weighted by Gasteiger charge is 2.46. The first-order chi connectivity index (χ1) is 7.38. The lowest BCUT2D eigenvalue weighted by Crippen LogP contribution is -2.49. The molecule has 1 aromatic rings. The maximum atomic E-state index is 12.5. The van der Waals surface area contributed by atoms with Crippen LogP contribution in [0.2, 0.25) is 0 Å². The molecule has 2 rings (SSSR count). The van der Waals surface area contributed by atoms with Crippen LogP contribution in [0.15, 0.2) is 18.2 Å². The monoisotopic (exact) mass is 231 g/mol. The van der Waals surface area contributed by atoms with Crippen LogP contribution in [0, 0.1) is 6.92 Å². The van der Waals surface area contributed by atoms with Gasteiger partial charge in [-0.25, -0.2) is 0 Å². The van der Waals surface area contributed by atoms with E-state index in [1.807, 2.05) is 6.92 Å². The molecule has 5 heteroatoms. The van der Waals surface area contributed by atoms with Crippen LogP contribution in [0.4, 0.5) is 18.9 Å². The van der Waals surface area contributed by atoms with E-state index in [1.54, 1.807) is 18.2 Å². The molecule has 0 spiro atoms. The molecule has 0 saturated heterocycles. The van der Waals surface area contributed by atoms with E-state index in [0.717, 1.165) is 11.1 Å². The first-order valence-electron chi connectivity index (χ1n) is 4.99. The maximum Gasteiger partial charge on any atom is 0.411 e. The van der Waals surface area contributed by atoms with Gasteiger partial charge in [0.05, 0.1) is 6.10 Å². The summed E-state index contributed by atoms with van der Waals surface area (Å²) in [5.74, 6) is 0. The molecular weight excluding hydrogens is 219 g/mol. The molecule has 88 valence electrons. The molecule has 0 aliphatic carbocycles. The number of alkyl halides is 3. The van der Waals surface area contributed by atoms with Crippen LogP contribution in [0.1, 0.15) is 11.1 Å². The number of anilines is 1. The number of hydrogen-bond donors (Lipinski definition) is 2. The van der Waals surface area contributed by atoms with Gasteiger partial charge in [0, 0.05) is 12.1 Å². The van der Waals surface area contributed by atoms with Crippen LogP contribution in [0.5, 0.6) is 0 Å². The summed E-state index contributed by atoms with van der Waals surface area (Å²) in [4.78, 5) is 0. The topological polar surface area (TPSA) is 32.3 Å². The Labute approximate surface area is 91.1 Å². The van der Waals surface area contributed by atoms with Crippen LogP contribution >= 0.6 is 0 Å². The smallest absolute Gasteiger partial charge is 0.390 e. The lowest BCUT2D eigenvalue weighted by Gasteiger charge is -2.33. The standard InChI is InChI=1S/C11H12F3NO/c1-6-2-3-8-7(4-6)5-9(16)10(15-8)11(12,13)14/h2-4,9-10,15-16H,5H2,1H3. The second kappa shape index (κ2) is 3.66. The highest BCUT2D eigenvalue weighted by Crippen LogP contribution is 2.33. The highest BCUT2D eigenvalue weighted by molar-refractivity contribution is 5.56. The van der Waals surface area contributed by atoms with Crippen molar-refractivity contribution in [1.29, 1.82) is 0 Å². The highest BCUT2D eigenvalue weighted by atomic mass is 19.4. The van der Waals surface area contributed by atoms with Crippen molar-refractivity contribution < 1.29 is 18.3 Å². The predicted octanol–water partition coefficient (Wildman–Crippen LogP) is 2.25. The zero-order valence-corrected chi connectivity index (χ0v) is 8.67. The molecule has 0 amide bonds. The van der Waals surface area contributed by atoms with Gasteiger partial charge in [0.15, 0.2) is 0 Å². The summed E-state index contributed by atoms with van der Waals surface area (Å²) in [6, 6.07) is 3.28. The van der Waals surface area contributed by atoms with Crippen molar-refractivity contribution in [3.05, 3.63) is 29.3 Å². The van der Waals surface area contributed by atoms with E-state index in [0.29, 0.717) is 5.69 Å². The Balaban J connectivity index is 2.32. The summed E-state index contributed by atoms with van der Waals surface area (Å²) < 4.78 is 37.6. The van der Waals surface area contributed by atoms with Crippen LogP contribution in [0.25, 0.3) is 0 Å². The van der Waals surface area contributed by atoms with E-state index >= 15 is 0 Å². The Morgan fingerprint density at radius 2 is 2.06 bits per heavy atom. The van der Waals surface area contributed by atoms with Gasteiger partial charge in [-0.1, -0.05) is 17.7 Å². The van der Waals surface area contributed by atoms with Crippen LogP contribution < -0.4 is 5.32 Å². The number of rotatable bonds is 0. The fourth-order valence-corrected chi connectivity index (χ4v) is 1.94. The third-order valence-corrected chi connectivity index (χ3v) is 2.74. The number of benzene rings is 1. The molecule has 1 heterocycles. The van der Waals surface area contributed by atoms with Gasteiger partial charge in [-0.05, 0) is 18.6 Å². The average molecular weight is 231 g/mol. The molecular formula is C11H12F3NO. The Hall–Kier alpha value is -1.23. The summed E-state index contributed by atoms with van der Waals surface area (Å²) in [6.07, 6.45) is -5.81. The second-order valence-corrected chi connectivity index (χ2v) is 4.10. The third-order valence-electron chi connectivity index (χ3n) is 2.74. The molecule has 0 aromatic heterocycles. The van der Waals surface area contributed by atoms with Gasteiger partial charge in [0.25, 0.3) is 0 Å². The summed E-state index contributed by atoms with van der Waals surface area (Å²) in [6.45, 7) is 1.86. The van der Waals surface area contributed by atoms with E-state index in [2.05, 4.69) is 5.32 Å². The Bertz CT molecular complexity index is 403. The van der Waals surface area contributed by atoms with Crippen molar-refractivity contribution in [3.8, 4) is 0 Å². The SMILES string of the molecule is Cc1ccc2c(c1)CC(O)C(C(F)(F)F)N2. The van der Waals surface area contributed by atoms with E-state index in [4.69, 9.17) is 0 Å². The quantitative estimate of drug-likeness (QED) is 0.717. The zero-order valence-electron chi connectivity index (χ0n) is 8.67. The lowest BCUT2D eigenvalue weighted by atomic mass is 9.94. The fourth-order valence-electron chi connectivity index (χ4n) is 1.94. The van der Waals surface area contributed by atoms with Gasteiger partial charge in [0.1, 0.15) is 6.04 Å². The molecule has 0 radical (unpaired) electrons. The molecule has 2 unspecified atom stereocenters. The van der Waals surface area contributed by atoms with Gasteiger partial charge in [-0.15, -0.1) is 0 Å². The number of hydrogen-bond acceptors (Lipinski definition) is 2. The molecule has 1 aliphatic rings. The van der Waals surface area contributed by atoms with Gasteiger partial charge >= 0.3 is 6.18 Å². The van der Waals surface area contributed by atoms with Crippen molar-refractivity contribution in [2.75, 3.05) is 5.32 Å². The molecule has 1 aromatic carbocycles. The largest absolute Gasteiger partial charge is 0.411 e. The fraction of sp³-hybridized carbons (Fsp3) is 0.455. The first kappa shape index (κ1) is 11.3. The minimum Gasteiger partial charge on any atom is -0.390 e. The van der Waals surface area contributed by atoms with Gasteiger partial charge < -0.3 is 10.4 Å². The van der Waals surface area contributed by atoms with E-state index in [-0.39, 0.29) is 6.42 Å². The normalized spacial score (nSPS) is 24.8. The molecule has 0 bridgehead atoms. The van der Waals surface area contributed by atoms with Crippen molar-refractivity contribution >= 4 is 5.69 Å². The Morgan fingerprint density at radius 3 is 2.69 bits per heavy atom. The average Bonchev–Trinajstić information content (AvgIpc) is 2.14. The molecule has 16 heavy (non-hydrogen) atoms. The second-order valence-electron chi connectivity index (χ2n) is 4.10. The Kier molecular flexibility index (Phi) is 2.58. The summed E-state index contributed by atoms with van der Waals surface area (Å²) in [5, 5.41) is 11.8. The lowest BCUT2D eigenvalue weighted by molar-refractivity contribution is -0.163. The van der Waals surface area contributed by atoms with Crippen LogP contribution in [-0.2, 0) is 6.42 Å². The Morgan fingerprint density at radius 1 is 1.38 bits per heavy atom. The van der Waals surface area contributed by atoms with Crippen molar-refractivity contribution in [2.24, 2.45) is 0 Å². The number of aliphatic hydroxyl groups excluding tert-OH is 1. The third kappa shape index (κ3) is 2.00. The molecule has 0 fully saturated rings. The molecule has 2 nitrogen and oxygen atoms in total. The number of halogens is 3. The van der Waals surface area contributed by atoms with Crippen molar-refractivity contribution in [3.63, 3.8) is 0 Å². The minimum atomic E-state index is -4.43. The zero-order chi connectivity index (χ0) is 11.9. The number of fused-ring (bicyclic) bond motifs is 1.